The summed E-state index contributed by atoms with van der Waals surface area (Å²) in [6.07, 6.45) is 0. The Hall–Kier alpha value is -1.39. The van der Waals surface area contributed by atoms with E-state index in [-0.39, 0.29) is 10.6 Å². The first-order chi connectivity index (χ1) is 8.99. The first-order valence-electron chi connectivity index (χ1n) is 5.50. The molecule has 1 N–H and O–H groups in total. The van der Waals surface area contributed by atoms with E-state index in [2.05, 4.69) is 21.2 Å². The lowest BCUT2D eigenvalue weighted by Crippen LogP contribution is -2.14. The van der Waals surface area contributed by atoms with Crippen LogP contribution in [0.25, 0.3) is 0 Å². The van der Waals surface area contributed by atoms with Crippen molar-refractivity contribution in [2.24, 2.45) is 0 Å². The van der Waals surface area contributed by atoms with Crippen molar-refractivity contribution in [1.29, 1.82) is 0 Å². The van der Waals surface area contributed by atoms with E-state index in [1.807, 2.05) is 19.1 Å². The van der Waals surface area contributed by atoms with Crippen molar-refractivity contribution < 1.29 is 9.18 Å². The molecule has 0 heterocycles. The summed E-state index contributed by atoms with van der Waals surface area (Å²) in [5.74, 6) is -1.24. The van der Waals surface area contributed by atoms with Crippen LogP contribution in [0.2, 0.25) is 5.02 Å². The Morgan fingerprint density at radius 2 is 2.05 bits per heavy atom. The van der Waals surface area contributed by atoms with E-state index in [1.54, 1.807) is 6.07 Å². The van der Waals surface area contributed by atoms with Gasteiger partial charge in [0.15, 0.2) is 5.82 Å². The molecular formula is C14H10BrClFNO. The smallest absolute Gasteiger partial charge is 0.258 e. The molecule has 2 aromatic carbocycles. The van der Waals surface area contributed by atoms with Crippen LogP contribution in [0.3, 0.4) is 0 Å². The first kappa shape index (κ1) is 14.0. The highest BCUT2D eigenvalue weighted by Gasteiger charge is 2.14. The maximum absolute atomic E-state index is 13.7. The molecule has 0 radical (unpaired) electrons. The van der Waals surface area contributed by atoms with E-state index >= 15 is 0 Å². The number of hydrogen-bond donors (Lipinski definition) is 1. The van der Waals surface area contributed by atoms with Crippen LogP contribution in [0.4, 0.5) is 10.1 Å². The van der Waals surface area contributed by atoms with Crippen LogP contribution in [0.5, 0.6) is 0 Å². The van der Waals surface area contributed by atoms with Gasteiger partial charge in [0.05, 0.1) is 10.6 Å². The van der Waals surface area contributed by atoms with Gasteiger partial charge in [0, 0.05) is 10.2 Å². The summed E-state index contributed by atoms with van der Waals surface area (Å²) in [5, 5.41) is 2.60. The van der Waals surface area contributed by atoms with E-state index in [9.17, 15) is 9.18 Å². The highest BCUT2D eigenvalue weighted by Crippen LogP contribution is 2.23. The molecule has 0 aliphatic rings. The summed E-state index contributed by atoms with van der Waals surface area (Å²) < 4.78 is 14.6. The van der Waals surface area contributed by atoms with E-state index in [4.69, 9.17) is 11.6 Å². The van der Waals surface area contributed by atoms with Gasteiger partial charge >= 0.3 is 0 Å². The van der Waals surface area contributed by atoms with Crippen LogP contribution in [0, 0.1) is 12.7 Å². The number of amides is 1. The zero-order valence-electron chi connectivity index (χ0n) is 10.0. The van der Waals surface area contributed by atoms with Gasteiger partial charge in [-0.15, -0.1) is 0 Å². The number of benzene rings is 2. The molecule has 0 unspecified atom stereocenters. The second-order valence-corrected chi connectivity index (χ2v) is 5.34. The predicted octanol–water partition coefficient (Wildman–Crippen LogP) is 4.80. The van der Waals surface area contributed by atoms with Crippen LogP contribution in [-0.4, -0.2) is 5.91 Å². The zero-order chi connectivity index (χ0) is 14.0. The molecule has 0 aromatic heterocycles. The fraction of sp³-hybridized carbons (Fsp3) is 0.0714. The van der Waals surface area contributed by atoms with E-state index in [1.165, 1.54) is 18.2 Å². The van der Waals surface area contributed by atoms with Gasteiger partial charge in [-0.1, -0.05) is 39.7 Å². The molecule has 1 amide bonds. The lowest BCUT2D eigenvalue weighted by atomic mass is 10.1. The third-order valence-corrected chi connectivity index (χ3v) is 3.43. The zero-order valence-corrected chi connectivity index (χ0v) is 12.3. The topological polar surface area (TPSA) is 29.1 Å². The summed E-state index contributed by atoms with van der Waals surface area (Å²) in [6, 6.07) is 9.81. The Morgan fingerprint density at radius 3 is 2.79 bits per heavy atom. The molecule has 5 heteroatoms. The van der Waals surface area contributed by atoms with Crippen molar-refractivity contribution in [3.63, 3.8) is 0 Å². The molecule has 2 aromatic rings. The summed E-state index contributed by atoms with van der Waals surface area (Å²) >= 11 is 8.98. The van der Waals surface area contributed by atoms with E-state index < -0.39 is 11.7 Å². The van der Waals surface area contributed by atoms with Crippen LogP contribution in [0.1, 0.15) is 15.9 Å². The molecule has 2 rings (SSSR count). The summed E-state index contributed by atoms with van der Waals surface area (Å²) in [5.41, 5.74) is 1.43. The number of hydrogen-bond acceptors (Lipinski definition) is 1. The van der Waals surface area contributed by atoms with Gasteiger partial charge in [0.2, 0.25) is 0 Å². The Balaban J connectivity index is 2.31. The molecule has 0 saturated heterocycles. The molecule has 0 spiro atoms. The summed E-state index contributed by atoms with van der Waals surface area (Å²) in [7, 11) is 0. The van der Waals surface area contributed by atoms with Crippen molar-refractivity contribution in [3.05, 3.63) is 62.8 Å². The van der Waals surface area contributed by atoms with Crippen molar-refractivity contribution in [1.82, 2.24) is 0 Å². The van der Waals surface area contributed by atoms with Gasteiger partial charge in [0.25, 0.3) is 5.91 Å². The van der Waals surface area contributed by atoms with Crippen molar-refractivity contribution in [2.75, 3.05) is 5.32 Å². The van der Waals surface area contributed by atoms with Gasteiger partial charge in [-0.25, -0.2) is 4.39 Å². The quantitative estimate of drug-likeness (QED) is 0.834. The van der Waals surface area contributed by atoms with E-state index in [0.29, 0.717) is 5.69 Å². The minimum absolute atomic E-state index is 0.0707. The average Bonchev–Trinajstić information content (AvgIpc) is 2.37. The lowest BCUT2D eigenvalue weighted by Gasteiger charge is -2.09. The third kappa shape index (κ3) is 3.14. The number of halogens is 3. The Labute approximate surface area is 123 Å². The lowest BCUT2D eigenvalue weighted by molar-refractivity contribution is 0.102. The molecule has 0 atom stereocenters. The normalized spacial score (nSPS) is 10.3. The van der Waals surface area contributed by atoms with Gasteiger partial charge in [-0.05, 0) is 36.8 Å². The second kappa shape index (κ2) is 5.72. The van der Waals surface area contributed by atoms with E-state index in [0.717, 1.165) is 10.0 Å². The van der Waals surface area contributed by atoms with Crippen LogP contribution < -0.4 is 5.32 Å². The number of nitrogens with one attached hydrogen (secondary N) is 1. The van der Waals surface area contributed by atoms with Crippen molar-refractivity contribution >= 4 is 39.1 Å². The monoisotopic (exact) mass is 341 g/mol. The first-order valence-corrected chi connectivity index (χ1v) is 6.67. The number of rotatable bonds is 2. The van der Waals surface area contributed by atoms with Crippen LogP contribution in [-0.2, 0) is 0 Å². The Morgan fingerprint density at radius 1 is 1.32 bits per heavy atom. The molecule has 0 aliphatic heterocycles. The van der Waals surface area contributed by atoms with Gasteiger partial charge < -0.3 is 5.32 Å². The second-order valence-electron chi connectivity index (χ2n) is 4.01. The largest absolute Gasteiger partial charge is 0.322 e. The molecule has 0 saturated carbocycles. The Kier molecular flexibility index (Phi) is 4.22. The molecule has 19 heavy (non-hydrogen) atoms. The predicted molar refractivity (Wildman–Crippen MR) is 78.2 cm³/mol. The van der Waals surface area contributed by atoms with Crippen LogP contribution >= 0.6 is 27.5 Å². The Bertz CT molecular complexity index is 645. The van der Waals surface area contributed by atoms with Gasteiger partial charge in [-0.2, -0.15) is 0 Å². The molecular weight excluding hydrogens is 333 g/mol. The average molecular weight is 343 g/mol. The summed E-state index contributed by atoms with van der Waals surface area (Å²) in [4.78, 5) is 12.0. The third-order valence-electron chi connectivity index (χ3n) is 2.64. The van der Waals surface area contributed by atoms with Gasteiger partial charge in [-0.3, -0.25) is 4.79 Å². The number of anilines is 1. The minimum Gasteiger partial charge on any atom is -0.322 e. The minimum atomic E-state index is -0.714. The maximum Gasteiger partial charge on any atom is 0.258 e. The van der Waals surface area contributed by atoms with Crippen molar-refractivity contribution in [3.8, 4) is 0 Å². The maximum atomic E-state index is 13.7. The highest BCUT2D eigenvalue weighted by molar-refractivity contribution is 9.10. The fourth-order valence-corrected chi connectivity index (χ4v) is 2.13. The molecule has 0 fully saturated rings. The van der Waals surface area contributed by atoms with Crippen LogP contribution in [0.15, 0.2) is 40.9 Å². The number of carbonyl (C=O) groups excluding carboxylic acids is 1. The SMILES string of the molecule is Cc1ccc(Br)cc1NC(=O)c1cccc(Cl)c1F. The molecule has 0 aliphatic carbocycles. The number of aryl methyl sites for hydroxylation is 1. The highest BCUT2D eigenvalue weighted by atomic mass is 79.9. The number of carbonyl (C=O) groups is 1. The van der Waals surface area contributed by atoms with Gasteiger partial charge in [0.1, 0.15) is 0 Å². The molecule has 98 valence electrons. The molecule has 2 nitrogen and oxygen atoms in total. The summed E-state index contributed by atoms with van der Waals surface area (Å²) in [6.45, 7) is 1.86. The van der Waals surface area contributed by atoms with Crippen molar-refractivity contribution in [2.45, 2.75) is 6.92 Å². The standard InChI is InChI=1S/C14H10BrClFNO/c1-8-5-6-9(15)7-12(8)18-14(19)10-3-2-4-11(16)13(10)17/h2-7H,1H3,(H,18,19). The molecule has 0 bridgehead atoms. The fourth-order valence-electron chi connectivity index (χ4n) is 1.60.